The second-order valence-corrected chi connectivity index (χ2v) is 7.15. The third-order valence-electron chi connectivity index (χ3n) is 3.41. The van der Waals surface area contributed by atoms with Gasteiger partial charge in [-0.2, -0.15) is 0 Å². The fraction of sp³-hybridized carbons (Fsp3) is 0.412. The Morgan fingerprint density at radius 1 is 1.27 bits per heavy atom. The molecule has 9 heteroatoms. The Balaban J connectivity index is 2.10. The van der Waals surface area contributed by atoms with Crippen LogP contribution in [0.1, 0.15) is 24.2 Å². The van der Waals surface area contributed by atoms with Gasteiger partial charge in [-0.25, -0.2) is 9.36 Å². The Morgan fingerprint density at radius 3 is 2.50 bits per heavy atom. The summed E-state index contributed by atoms with van der Waals surface area (Å²) in [6, 6.07) is 7.70. The van der Waals surface area contributed by atoms with E-state index in [2.05, 4.69) is 5.32 Å². The van der Waals surface area contributed by atoms with Gasteiger partial charge in [-0.1, -0.05) is 24.3 Å². The van der Waals surface area contributed by atoms with E-state index < -0.39 is 25.9 Å². The Labute approximate surface area is 152 Å². The van der Waals surface area contributed by atoms with Crippen molar-refractivity contribution in [2.75, 3.05) is 19.8 Å². The number of esters is 1. The molecule has 1 fully saturated rings. The number of hydrogen-bond acceptors (Lipinski definition) is 7. The van der Waals surface area contributed by atoms with Crippen molar-refractivity contribution in [2.24, 2.45) is 0 Å². The Hall–Kier alpha value is -1.99. The zero-order valence-corrected chi connectivity index (χ0v) is 15.5. The molecule has 1 amide bonds. The Kier molecular flexibility index (Phi) is 7.53. The molecule has 0 saturated carbocycles. The molecule has 0 aromatic heterocycles. The summed E-state index contributed by atoms with van der Waals surface area (Å²) in [7, 11) is -3.63. The molecular formula is C17H22NO7P. The number of ether oxygens (including phenoxy) is 1. The van der Waals surface area contributed by atoms with Crippen LogP contribution in [-0.4, -0.2) is 43.8 Å². The van der Waals surface area contributed by atoms with E-state index in [1.807, 2.05) is 0 Å². The van der Waals surface area contributed by atoms with Crippen LogP contribution < -0.4 is 5.32 Å². The van der Waals surface area contributed by atoms with Gasteiger partial charge in [0.25, 0.3) is 0 Å². The van der Waals surface area contributed by atoms with Crippen molar-refractivity contribution in [3.05, 3.63) is 48.0 Å². The maximum atomic E-state index is 12.3. The highest BCUT2D eigenvalue weighted by Crippen LogP contribution is 2.52. The van der Waals surface area contributed by atoms with Crippen molar-refractivity contribution in [1.82, 2.24) is 5.32 Å². The number of allylic oxidation sites excluding steroid dienone is 1. The van der Waals surface area contributed by atoms with E-state index in [4.69, 9.17) is 18.3 Å². The number of hydrogen-bond donors (Lipinski definition) is 1. The third-order valence-corrected chi connectivity index (χ3v) is 4.88. The molecule has 1 aliphatic heterocycles. The van der Waals surface area contributed by atoms with E-state index in [-0.39, 0.29) is 25.7 Å². The molecule has 0 spiro atoms. The Morgan fingerprint density at radius 2 is 1.92 bits per heavy atom. The average molecular weight is 383 g/mol. The van der Waals surface area contributed by atoms with Gasteiger partial charge in [-0.3, -0.25) is 18.4 Å². The highest BCUT2D eigenvalue weighted by Gasteiger charge is 2.35. The first kappa shape index (κ1) is 20.3. The molecule has 142 valence electrons. The van der Waals surface area contributed by atoms with Crippen LogP contribution in [0.15, 0.2) is 42.5 Å². The van der Waals surface area contributed by atoms with Gasteiger partial charge < -0.3 is 10.1 Å². The number of nitrogens with one attached hydrogen (secondary N) is 1. The van der Waals surface area contributed by atoms with Gasteiger partial charge in [0.05, 0.1) is 31.4 Å². The highest BCUT2D eigenvalue weighted by atomic mass is 31.2. The fourth-order valence-electron chi connectivity index (χ4n) is 2.27. The molecule has 26 heavy (non-hydrogen) atoms. The molecule has 0 aliphatic carbocycles. The van der Waals surface area contributed by atoms with Crippen LogP contribution >= 0.6 is 7.82 Å². The second kappa shape index (κ2) is 9.64. The molecule has 8 nitrogen and oxygen atoms in total. The number of carbonyl (C=O) groups is 2. The monoisotopic (exact) mass is 383 g/mol. The van der Waals surface area contributed by atoms with E-state index in [1.54, 1.807) is 49.4 Å². The molecule has 2 atom stereocenters. The topological polar surface area (TPSA) is 100 Å². The maximum absolute atomic E-state index is 12.3. The minimum absolute atomic E-state index is 0.170. The van der Waals surface area contributed by atoms with E-state index >= 15 is 0 Å². The lowest BCUT2D eigenvalue weighted by Crippen LogP contribution is -2.46. The fourth-order valence-corrected chi connectivity index (χ4v) is 3.44. The number of phosphoric ester groups is 1. The number of carbonyl (C=O) groups excluding carboxylic acids is 2. The lowest BCUT2D eigenvalue weighted by Gasteiger charge is -2.26. The molecule has 1 aromatic carbocycles. The lowest BCUT2D eigenvalue weighted by molar-refractivity contribution is -0.120. The van der Waals surface area contributed by atoms with Crippen molar-refractivity contribution in [3.63, 3.8) is 0 Å². The molecule has 1 aromatic rings. The molecule has 0 unspecified atom stereocenters. The molecule has 1 aliphatic rings. The first-order chi connectivity index (χ1) is 12.4. The number of benzene rings is 1. The van der Waals surface area contributed by atoms with Crippen LogP contribution in [0, 0.1) is 0 Å². The van der Waals surface area contributed by atoms with Crippen molar-refractivity contribution < 1.29 is 32.5 Å². The van der Waals surface area contributed by atoms with Gasteiger partial charge in [0.1, 0.15) is 6.10 Å². The van der Waals surface area contributed by atoms with E-state index in [9.17, 15) is 14.2 Å². The standard InChI is InChI=1S/C17H22NO7P/c1-3-7-16(25-17(20)14-8-5-4-6-9-14)15(18-13(2)19)12-24-26(21)22-10-11-23-26/h3-9,15-16H,10-12H2,1-2H3,(H,18,19)/b7-3+/t15-,16+/m0/s1. The van der Waals surface area contributed by atoms with Gasteiger partial charge >= 0.3 is 13.8 Å². The zero-order valence-electron chi connectivity index (χ0n) is 14.6. The molecule has 1 N–H and O–H groups in total. The Bertz CT molecular complexity index is 682. The summed E-state index contributed by atoms with van der Waals surface area (Å²) in [4.78, 5) is 23.9. The summed E-state index contributed by atoms with van der Waals surface area (Å²) in [5.41, 5.74) is 0.375. The van der Waals surface area contributed by atoms with Crippen LogP contribution in [0.2, 0.25) is 0 Å². The lowest BCUT2D eigenvalue weighted by atomic mass is 10.1. The van der Waals surface area contributed by atoms with Crippen molar-refractivity contribution >= 4 is 19.7 Å². The summed E-state index contributed by atoms with van der Waals surface area (Å²) in [5, 5.41) is 2.64. The number of rotatable bonds is 8. The van der Waals surface area contributed by atoms with E-state index in [1.165, 1.54) is 6.92 Å². The maximum Gasteiger partial charge on any atom is 0.475 e. The first-order valence-corrected chi connectivity index (χ1v) is 9.59. The van der Waals surface area contributed by atoms with Crippen molar-refractivity contribution in [2.45, 2.75) is 26.0 Å². The average Bonchev–Trinajstić information content (AvgIpc) is 3.05. The van der Waals surface area contributed by atoms with Crippen molar-refractivity contribution in [3.8, 4) is 0 Å². The smallest absolute Gasteiger partial charge is 0.452 e. The predicted octanol–water partition coefficient (Wildman–Crippen LogP) is 2.46. The summed E-state index contributed by atoms with van der Waals surface area (Å²) in [6.45, 7) is 3.20. The van der Waals surface area contributed by atoms with Crippen LogP contribution in [0.25, 0.3) is 0 Å². The van der Waals surface area contributed by atoms with Gasteiger partial charge in [0.2, 0.25) is 5.91 Å². The van der Waals surface area contributed by atoms with Crippen LogP contribution in [0.4, 0.5) is 0 Å². The molecule has 0 bridgehead atoms. The molecule has 1 saturated heterocycles. The molecule has 2 rings (SSSR count). The van der Waals surface area contributed by atoms with Crippen molar-refractivity contribution in [1.29, 1.82) is 0 Å². The quantitative estimate of drug-likeness (QED) is 0.418. The SMILES string of the molecule is C/C=C/[C@@H](OC(=O)c1ccccc1)[C@H](COP1(=O)OCCO1)NC(C)=O. The summed E-state index contributed by atoms with van der Waals surface area (Å²) < 4.78 is 32.8. The van der Waals surface area contributed by atoms with Crippen LogP contribution in [0.5, 0.6) is 0 Å². The minimum Gasteiger partial charge on any atom is -0.452 e. The third kappa shape index (κ3) is 6.07. The van der Waals surface area contributed by atoms with Gasteiger partial charge in [-0.05, 0) is 25.1 Å². The molecular weight excluding hydrogens is 361 g/mol. The van der Waals surface area contributed by atoms with Gasteiger partial charge in [0.15, 0.2) is 0 Å². The summed E-state index contributed by atoms with van der Waals surface area (Å²) in [6.07, 6.45) is 2.46. The number of phosphoric acid groups is 1. The van der Waals surface area contributed by atoms with E-state index in [0.29, 0.717) is 5.56 Å². The van der Waals surface area contributed by atoms with Crippen LogP contribution in [-0.2, 0) is 27.7 Å². The normalized spacial score (nSPS) is 18.4. The number of amides is 1. The minimum atomic E-state index is -3.63. The summed E-state index contributed by atoms with van der Waals surface area (Å²) >= 11 is 0. The summed E-state index contributed by atoms with van der Waals surface area (Å²) in [5.74, 6) is -0.903. The van der Waals surface area contributed by atoms with Crippen LogP contribution in [0.3, 0.4) is 0 Å². The first-order valence-electron chi connectivity index (χ1n) is 8.13. The zero-order chi connectivity index (χ0) is 19.0. The molecule has 1 heterocycles. The highest BCUT2D eigenvalue weighted by molar-refractivity contribution is 7.48. The largest absolute Gasteiger partial charge is 0.475 e. The van der Waals surface area contributed by atoms with Gasteiger partial charge in [0, 0.05) is 6.92 Å². The molecule has 0 radical (unpaired) electrons. The van der Waals surface area contributed by atoms with Gasteiger partial charge in [-0.15, -0.1) is 0 Å². The van der Waals surface area contributed by atoms with E-state index in [0.717, 1.165) is 0 Å². The predicted molar refractivity (Wildman–Crippen MR) is 93.5 cm³/mol. The second-order valence-electron chi connectivity index (χ2n) is 5.48.